The third-order valence-electron chi connectivity index (χ3n) is 4.47. The minimum absolute atomic E-state index is 0.0580. The van der Waals surface area contributed by atoms with Gasteiger partial charge in [-0.15, -0.1) is 0 Å². The van der Waals surface area contributed by atoms with Gasteiger partial charge in [0.15, 0.2) is 0 Å². The van der Waals surface area contributed by atoms with E-state index in [9.17, 15) is 28.8 Å². The summed E-state index contributed by atoms with van der Waals surface area (Å²) >= 11 is 4.89. The lowest BCUT2D eigenvalue weighted by Crippen LogP contribution is -2.38. The summed E-state index contributed by atoms with van der Waals surface area (Å²) in [7, 11) is -1.70. The second-order valence-corrected chi connectivity index (χ2v) is 10.9. The lowest BCUT2D eigenvalue weighted by molar-refractivity contribution is -0.0176. The molecule has 1 aromatic heterocycles. The van der Waals surface area contributed by atoms with Gasteiger partial charge in [0.05, 0.1) is 18.3 Å². The largest absolute Gasteiger partial charge is 0.377 e. The Morgan fingerprint density at radius 3 is 2.48 bits per heavy atom. The van der Waals surface area contributed by atoms with Crippen molar-refractivity contribution in [2.75, 3.05) is 20.4 Å². The van der Waals surface area contributed by atoms with Crippen molar-refractivity contribution in [2.45, 2.75) is 31.1 Å². The first-order valence-electron chi connectivity index (χ1n) is 7.93. The summed E-state index contributed by atoms with van der Waals surface area (Å²) < 4.78 is 28.3. The second-order valence-electron chi connectivity index (χ2n) is 6.18. The van der Waals surface area contributed by atoms with Crippen molar-refractivity contribution in [3.63, 3.8) is 0 Å². The van der Waals surface area contributed by atoms with Gasteiger partial charge >= 0.3 is 20.0 Å². The normalized spacial score (nSPS) is 28.2. The maximum absolute atomic E-state index is 12.2. The van der Waals surface area contributed by atoms with Gasteiger partial charge < -0.3 is 28.5 Å². The number of nitrogens with one attached hydrogen (secondary N) is 1. The molecule has 1 aliphatic carbocycles. The summed E-state index contributed by atoms with van der Waals surface area (Å²) in [5, 5.41) is 0. The van der Waals surface area contributed by atoms with Crippen LogP contribution < -0.4 is 11.2 Å². The molecular formula is C13H22N2O9P2S. The number of rotatable bonds is 8. The highest BCUT2D eigenvalue weighted by Gasteiger charge is 2.48. The van der Waals surface area contributed by atoms with Crippen molar-refractivity contribution >= 4 is 26.1 Å². The first-order chi connectivity index (χ1) is 12.5. The number of hydrogen-bond donors (Lipinski definition) is 4. The second kappa shape index (κ2) is 8.77. The van der Waals surface area contributed by atoms with Crippen molar-refractivity contribution in [3.8, 4) is 0 Å². The molecule has 27 heavy (non-hydrogen) atoms. The quantitative estimate of drug-likeness (QED) is 0.400. The van der Waals surface area contributed by atoms with E-state index in [0.717, 1.165) is 0 Å². The van der Waals surface area contributed by atoms with Gasteiger partial charge in [0.2, 0.25) is 0 Å². The van der Waals surface area contributed by atoms with Gasteiger partial charge in [0.1, 0.15) is 6.10 Å². The molecule has 2 rings (SSSR count). The fourth-order valence-corrected chi connectivity index (χ4v) is 4.93. The summed E-state index contributed by atoms with van der Waals surface area (Å²) in [5.41, 5.74) is -1.21. The zero-order valence-corrected chi connectivity index (χ0v) is 17.2. The lowest BCUT2D eigenvalue weighted by atomic mass is 10.0. The van der Waals surface area contributed by atoms with E-state index < -0.39 is 55.9 Å². The molecule has 4 N–H and O–H groups in total. The van der Waals surface area contributed by atoms with Crippen molar-refractivity contribution in [2.24, 2.45) is 5.92 Å². The minimum Gasteiger partial charge on any atom is -0.377 e. The molecule has 1 aromatic rings. The molecule has 0 spiro atoms. The summed E-state index contributed by atoms with van der Waals surface area (Å²) in [6.45, 7) is -3.60. The van der Waals surface area contributed by atoms with Crippen LogP contribution in [0.15, 0.2) is 21.9 Å². The zero-order valence-electron chi connectivity index (χ0n) is 14.6. The van der Waals surface area contributed by atoms with Crippen LogP contribution in [-0.4, -0.2) is 56.8 Å². The molecule has 0 radical (unpaired) electrons. The topological polar surface area (TPSA) is 160 Å². The van der Waals surface area contributed by atoms with Crippen molar-refractivity contribution in [3.05, 3.63) is 33.1 Å². The van der Waals surface area contributed by atoms with Gasteiger partial charge in [-0.2, -0.15) is 0 Å². The molecule has 0 bridgehead atoms. The smallest absolute Gasteiger partial charge is 0.328 e. The molecule has 0 aliphatic heterocycles. The molecule has 1 aliphatic rings. The van der Waals surface area contributed by atoms with Gasteiger partial charge in [-0.05, 0) is 30.6 Å². The highest BCUT2D eigenvalue weighted by atomic mass is 32.5. The van der Waals surface area contributed by atoms with E-state index in [0.29, 0.717) is 0 Å². The Labute approximate surface area is 159 Å². The Hall–Kier alpha value is -0.680. The van der Waals surface area contributed by atoms with Gasteiger partial charge in [-0.3, -0.25) is 18.9 Å². The Bertz CT molecular complexity index is 866. The van der Waals surface area contributed by atoms with Gasteiger partial charge in [-0.1, -0.05) is 0 Å². The van der Waals surface area contributed by atoms with E-state index in [1.165, 1.54) is 31.0 Å². The summed E-state index contributed by atoms with van der Waals surface area (Å²) in [4.78, 5) is 54.0. The summed E-state index contributed by atoms with van der Waals surface area (Å²) in [6.07, 6.45) is -0.397. The van der Waals surface area contributed by atoms with Gasteiger partial charge in [0.25, 0.3) is 5.56 Å². The Morgan fingerprint density at radius 2 is 1.96 bits per heavy atom. The highest BCUT2D eigenvalue weighted by Crippen LogP contribution is 2.52. The first kappa shape index (κ1) is 22.6. The Balaban J connectivity index is 2.39. The predicted octanol–water partition coefficient (Wildman–Crippen LogP) is -0.0712. The molecule has 1 saturated carbocycles. The minimum atomic E-state index is -4.26. The molecule has 0 saturated heterocycles. The van der Waals surface area contributed by atoms with Crippen LogP contribution in [0.1, 0.15) is 18.9 Å². The van der Waals surface area contributed by atoms with Gasteiger partial charge in [-0.25, -0.2) is 4.79 Å². The predicted molar refractivity (Wildman–Crippen MR) is 99.2 cm³/mol. The van der Waals surface area contributed by atoms with Crippen LogP contribution in [0.5, 0.6) is 0 Å². The number of aromatic amines is 1. The lowest BCUT2D eigenvalue weighted by Gasteiger charge is -2.28. The molecular weight excluding hydrogens is 422 g/mol. The van der Waals surface area contributed by atoms with Crippen LogP contribution in [0.25, 0.3) is 0 Å². The van der Waals surface area contributed by atoms with Crippen molar-refractivity contribution in [1.82, 2.24) is 9.55 Å². The molecule has 5 atom stereocenters. The average molecular weight is 444 g/mol. The first-order valence-corrected chi connectivity index (χ1v) is 12.3. The number of aromatic nitrogens is 2. The van der Waals surface area contributed by atoms with Crippen molar-refractivity contribution in [1.29, 1.82) is 0 Å². The fourth-order valence-electron chi connectivity index (χ4n) is 3.28. The molecule has 1 unspecified atom stereocenters. The van der Waals surface area contributed by atoms with E-state index in [-0.39, 0.29) is 12.8 Å². The SMILES string of the molecule is CO[C@@H]1[C@H](OP(O)(=S)OC)[C@@H](CCP(=O)(O)O)C[C@@H]1n1ccc(=O)[nH]c1=O. The molecule has 11 nitrogen and oxygen atoms in total. The molecule has 14 heteroatoms. The Morgan fingerprint density at radius 1 is 1.30 bits per heavy atom. The highest BCUT2D eigenvalue weighted by molar-refractivity contribution is 8.07. The zero-order chi connectivity index (χ0) is 20.4. The van der Waals surface area contributed by atoms with Crippen LogP contribution in [0, 0.1) is 5.92 Å². The molecule has 0 aromatic carbocycles. The van der Waals surface area contributed by atoms with E-state index in [2.05, 4.69) is 4.98 Å². The average Bonchev–Trinajstić information content (AvgIpc) is 2.89. The van der Waals surface area contributed by atoms with Crippen LogP contribution in [0.4, 0.5) is 0 Å². The fraction of sp³-hybridized carbons (Fsp3) is 0.692. The van der Waals surface area contributed by atoms with E-state index in [1.54, 1.807) is 0 Å². The molecule has 0 amide bonds. The van der Waals surface area contributed by atoms with Crippen LogP contribution >= 0.6 is 14.3 Å². The number of hydrogen-bond acceptors (Lipinski definition) is 7. The summed E-state index contributed by atoms with van der Waals surface area (Å²) in [6, 6.07) is 0.580. The number of nitrogens with zero attached hydrogens (tertiary/aromatic N) is 1. The maximum atomic E-state index is 12.2. The summed E-state index contributed by atoms with van der Waals surface area (Å²) in [5.74, 6) is -0.476. The van der Waals surface area contributed by atoms with Crippen LogP contribution in [0.3, 0.4) is 0 Å². The van der Waals surface area contributed by atoms with Gasteiger partial charge in [0, 0.05) is 26.5 Å². The van der Waals surface area contributed by atoms with E-state index in [4.69, 9.17) is 25.6 Å². The Kier molecular flexibility index (Phi) is 7.34. The van der Waals surface area contributed by atoms with Crippen molar-refractivity contribution < 1.29 is 33.0 Å². The standard InChI is InChI=1S/C13H22N2O9P2S/c1-22-12-9(15-5-3-10(16)14-13(15)17)7-8(4-6-25(18,19)20)11(12)24-26(21,27)23-2/h3,5,8-9,11-12H,4,6-7H2,1-2H3,(H,21,27)(H,14,16,17)(H2,18,19,20)/t8-,9-,11+,12-,26?/m0/s1. The third-order valence-corrected chi connectivity index (χ3v) is 6.99. The number of methoxy groups -OCH3 is 1. The third kappa shape index (κ3) is 5.90. The molecule has 154 valence electrons. The van der Waals surface area contributed by atoms with E-state index >= 15 is 0 Å². The molecule has 1 heterocycles. The molecule has 1 fully saturated rings. The number of ether oxygens (including phenoxy) is 1. The van der Waals surface area contributed by atoms with Crippen LogP contribution in [0.2, 0.25) is 0 Å². The van der Waals surface area contributed by atoms with Crippen LogP contribution in [-0.2, 0) is 30.2 Å². The monoisotopic (exact) mass is 444 g/mol. The van der Waals surface area contributed by atoms with E-state index in [1.807, 2.05) is 0 Å². The number of H-pyrrole nitrogens is 1. The maximum Gasteiger partial charge on any atom is 0.328 e.